The van der Waals surface area contributed by atoms with Gasteiger partial charge in [-0.1, -0.05) is 36.4 Å². The lowest BCUT2D eigenvalue weighted by molar-refractivity contribution is -0.127. The van der Waals surface area contributed by atoms with Gasteiger partial charge in [0.2, 0.25) is 5.91 Å². The minimum atomic E-state index is 0.302. The molecule has 0 atom stereocenters. The Morgan fingerprint density at radius 1 is 1.04 bits per heavy atom. The van der Waals surface area contributed by atoms with E-state index in [1.54, 1.807) is 0 Å². The zero-order valence-electron chi connectivity index (χ0n) is 14.2. The number of rotatable bonds is 3. The summed E-state index contributed by atoms with van der Waals surface area (Å²) in [6.07, 6.45) is 2.60. The quantitative estimate of drug-likeness (QED) is 0.794. The van der Waals surface area contributed by atoms with Gasteiger partial charge in [-0.15, -0.1) is 0 Å². The monoisotopic (exact) mass is 331 g/mol. The fourth-order valence-electron chi connectivity index (χ4n) is 4.24. The van der Waals surface area contributed by atoms with E-state index in [1.807, 2.05) is 4.90 Å². The Balaban J connectivity index is 1.62. The van der Waals surface area contributed by atoms with Crippen LogP contribution in [-0.4, -0.2) is 28.5 Å². The topological polar surface area (TPSA) is 37.3 Å². The molecule has 0 aliphatic carbocycles. The number of aromatic nitrogens is 1. The first-order chi connectivity index (χ1) is 12.3. The van der Waals surface area contributed by atoms with Crippen molar-refractivity contribution in [3.05, 3.63) is 59.7 Å². The second-order valence-electron chi connectivity index (χ2n) is 6.90. The molecule has 2 aromatic carbocycles. The molecule has 3 heterocycles. The SMILES string of the molecule is O=C1CCCN1CCc1c2n(c3ccccc13)-c1ccccc1CN2. The summed E-state index contributed by atoms with van der Waals surface area (Å²) in [5.74, 6) is 1.49. The number of anilines is 1. The van der Waals surface area contributed by atoms with Crippen molar-refractivity contribution in [1.29, 1.82) is 0 Å². The lowest BCUT2D eigenvalue weighted by Crippen LogP contribution is -2.27. The summed E-state index contributed by atoms with van der Waals surface area (Å²) in [6, 6.07) is 17.2. The van der Waals surface area contributed by atoms with Crippen molar-refractivity contribution in [1.82, 2.24) is 9.47 Å². The molecule has 1 fully saturated rings. The Morgan fingerprint density at radius 3 is 2.76 bits per heavy atom. The summed E-state index contributed by atoms with van der Waals surface area (Å²) in [6.45, 7) is 2.56. The molecule has 3 aromatic rings. The van der Waals surface area contributed by atoms with Gasteiger partial charge in [-0.25, -0.2) is 0 Å². The normalized spacial score (nSPS) is 16.0. The van der Waals surface area contributed by atoms with Gasteiger partial charge in [-0.05, 0) is 30.5 Å². The van der Waals surface area contributed by atoms with Gasteiger partial charge in [-0.3, -0.25) is 9.36 Å². The fraction of sp³-hybridized carbons (Fsp3) is 0.286. The van der Waals surface area contributed by atoms with E-state index < -0.39 is 0 Å². The van der Waals surface area contributed by atoms with Crippen molar-refractivity contribution in [2.45, 2.75) is 25.8 Å². The number of carbonyl (C=O) groups is 1. The van der Waals surface area contributed by atoms with Crippen molar-refractivity contribution < 1.29 is 4.79 Å². The molecule has 1 N–H and O–H groups in total. The molecule has 1 amide bonds. The first-order valence-electron chi connectivity index (χ1n) is 9.05. The van der Waals surface area contributed by atoms with Crippen molar-refractivity contribution in [3.8, 4) is 5.69 Å². The largest absolute Gasteiger partial charge is 0.367 e. The number of nitrogens with one attached hydrogen (secondary N) is 1. The second-order valence-corrected chi connectivity index (χ2v) is 6.90. The molecule has 2 aliphatic rings. The maximum Gasteiger partial charge on any atom is 0.222 e. The molecule has 0 bridgehead atoms. The van der Waals surface area contributed by atoms with Gasteiger partial charge in [0.15, 0.2) is 0 Å². The number of hydrogen-bond acceptors (Lipinski definition) is 2. The first-order valence-corrected chi connectivity index (χ1v) is 9.05. The predicted molar refractivity (Wildman–Crippen MR) is 100 cm³/mol. The number of likely N-dealkylation sites (tertiary alicyclic amines) is 1. The van der Waals surface area contributed by atoms with Crippen LogP contribution in [0.2, 0.25) is 0 Å². The minimum Gasteiger partial charge on any atom is -0.367 e. The Kier molecular flexibility index (Phi) is 3.30. The molecule has 0 unspecified atom stereocenters. The van der Waals surface area contributed by atoms with Crippen LogP contribution >= 0.6 is 0 Å². The van der Waals surface area contributed by atoms with Gasteiger partial charge < -0.3 is 10.2 Å². The third kappa shape index (κ3) is 2.24. The Bertz CT molecular complexity index is 972. The number of nitrogens with zero attached hydrogens (tertiary/aromatic N) is 2. The number of carbonyl (C=O) groups excluding carboxylic acids is 1. The van der Waals surface area contributed by atoms with Crippen molar-refractivity contribution in [2.75, 3.05) is 18.4 Å². The van der Waals surface area contributed by atoms with Crippen LogP contribution in [0.15, 0.2) is 48.5 Å². The molecule has 4 nitrogen and oxygen atoms in total. The van der Waals surface area contributed by atoms with E-state index in [1.165, 1.54) is 33.5 Å². The van der Waals surface area contributed by atoms with E-state index in [4.69, 9.17) is 0 Å². The molecule has 2 aliphatic heterocycles. The summed E-state index contributed by atoms with van der Waals surface area (Å²) in [4.78, 5) is 14.0. The maximum atomic E-state index is 12.0. The molecule has 126 valence electrons. The maximum absolute atomic E-state index is 12.0. The third-order valence-corrected chi connectivity index (χ3v) is 5.46. The zero-order valence-corrected chi connectivity index (χ0v) is 14.2. The van der Waals surface area contributed by atoms with Crippen LogP contribution in [0, 0.1) is 0 Å². The lowest BCUT2D eigenvalue weighted by atomic mass is 10.1. The van der Waals surface area contributed by atoms with Crippen LogP contribution in [0.1, 0.15) is 24.0 Å². The molecule has 0 spiro atoms. The first kappa shape index (κ1) is 14.6. The van der Waals surface area contributed by atoms with E-state index in [0.29, 0.717) is 12.3 Å². The molecule has 0 radical (unpaired) electrons. The van der Waals surface area contributed by atoms with E-state index in [2.05, 4.69) is 58.4 Å². The van der Waals surface area contributed by atoms with E-state index >= 15 is 0 Å². The van der Waals surface area contributed by atoms with E-state index in [-0.39, 0.29) is 0 Å². The van der Waals surface area contributed by atoms with Gasteiger partial charge >= 0.3 is 0 Å². The van der Waals surface area contributed by atoms with Gasteiger partial charge in [0, 0.05) is 37.0 Å². The predicted octanol–water partition coefficient (Wildman–Crippen LogP) is 3.72. The standard InChI is InChI=1S/C21H21N3O/c25-20-10-5-12-23(20)13-11-17-16-7-2-4-9-19(16)24-18-8-3-1-6-15(18)14-22-21(17)24/h1-4,6-9,22H,5,10-14H2. The van der Waals surface area contributed by atoms with Crippen LogP contribution in [0.4, 0.5) is 5.82 Å². The highest BCUT2D eigenvalue weighted by Gasteiger charge is 2.25. The van der Waals surface area contributed by atoms with Crippen LogP contribution in [-0.2, 0) is 17.8 Å². The van der Waals surface area contributed by atoms with Crippen LogP contribution < -0.4 is 5.32 Å². The molecule has 4 heteroatoms. The van der Waals surface area contributed by atoms with Crippen LogP contribution in [0.5, 0.6) is 0 Å². The average Bonchev–Trinajstić information content (AvgIpc) is 3.21. The van der Waals surface area contributed by atoms with Crippen LogP contribution in [0.3, 0.4) is 0 Å². The Morgan fingerprint density at radius 2 is 1.88 bits per heavy atom. The molecular formula is C21H21N3O. The minimum absolute atomic E-state index is 0.302. The Hall–Kier alpha value is -2.75. The zero-order chi connectivity index (χ0) is 16.8. The van der Waals surface area contributed by atoms with Crippen LogP contribution in [0.25, 0.3) is 16.6 Å². The van der Waals surface area contributed by atoms with Gasteiger partial charge in [0.1, 0.15) is 5.82 Å². The van der Waals surface area contributed by atoms with Crippen molar-refractivity contribution in [2.24, 2.45) is 0 Å². The highest BCUT2D eigenvalue weighted by Crippen LogP contribution is 2.38. The van der Waals surface area contributed by atoms with E-state index in [9.17, 15) is 4.79 Å². The van der Waals surface area contributed by atoms with Crippen molar-refractivity contribution in [3.63, 3.8) is 0 Å². The summed E-state index contributed by atoms with van der Waals surface area (Å²) < 4.78 is 2.34. The highest BCUT2D eigenvalue weighted by molar-refractivity contribution is 5.93. The van der Waals surface area contributed by atoms with Gasteiger partial charge in [0.05, 0.1) is 11.2 Å². The summed E-state index contributed by atoms with van der Waals surface area (Å²) in [5.41, 5.74) is 5.14. The number of hydrogen-bond donors (Lipinski definition) is 1. The number of amides is 1. The lowest BCUT2D eigenvalue weighted by Gasteiger charge is -2.23. The summed E-state index contributed by atoms with van der Waals surface area (Å²) in [7, 11) is 0. The molecule has 1 saturated heterocycles. The fourth-order valence-corrected chi connectivity index (χ4v) is 4.24. The Labute approximate surface area is 147 Å². The molecule has 5 rings (SSSR count). The highest BCUT2D eigenvalue weighted by atomic mass is 16.2. The number of para-hydroxylation sites is 2. The number of fused-ring (bicyclic) bond motifs is 5. The van der Waals surface area contributed by atoms with Gasteiger partial charge in [0.25, 0.3) is 0 Å². The van der Waals surface area contributed by atoms with Crippen molar-refractivity contribution >= 4 is 22.6 Å². The summed E-state index contributed by atoms with van der Waals surface area (Å²) >= 11 is 0. The average molecular weight is 331 g/mol. The molecular weight excluding hydrogens is 310 g/mol. The van der Waals surface area contributed by atoms with Gasteiger partial charge in [-0.2, -0.15) is 0 Å². The molecule has 25 heavy (non-hydrogen) atoms. The van der Waals surface area contributed by atoms with E-state index in [0.717, 1.165) is 32.5 Å². The number of benzene rings is 2. The summed E-state index contributed by atoms with van der Waals surface area (Å²) in [5, 5.41) is 4.91. The molecule has 1 aromatic heterocycles. The smallest absolute Gasteiger partial charge is 0.222 e. The third-order valence-electron chi connectivity index (χ3n) is 5.46. The second kappa shape index (κ2) is 5.66. The molecule has 0 saturated carbocycles.